The molecule has 0 aliphatic heterocycles. The van der Waals surface area contributed by atoms with E-state index in [2.05, 4.69) is 11.7 Å². The lowest BCUT2D eigenvalue weighted by Crippen LogP contribution is -2.40. The van der Waals surface area contributed by atoms with E-state index in [0.29, 0.717) is 6.42 Å². The van der Waals surface area contributed by atoms with Crippen LogP contribution in [0.3, 0.4) is 0 Å². The summed E-state index contributed by atoms with van der Waals surface area (Å²) in [5.41, 5.74) is 0. The molecule has 0 aromatic carbocycles. The molecule has 0 aromatic heterocycles. The molecule has 0 fully saturated rings. The van der Waals surface area contributed by atoms with Gasteiger partial charge >= 0.3 is 11.9 Å². The van der Waals surface area contributed by atoms with Gasteiger partial charge in [0.2, 0.25) is 0 Å². The second-order valence-corrected chi connectivity index (χ2v) is 5.51. The minimum absolute atomic E-state index is 0.210. The molecule has 0 saturated heterocycles. The smallest absolute Gasteiger partial charge is 0.377 e. The average Bonchev–Trinajstić information content (AvgIpc) is 2.26. The van der Waals surface area contributed by atoms with Gasteiger partial charge in [-0.3, -0.25) is 0 Å². The van der Waals surface area contributed by atoms with Gasteiger partial charge < -0.3 is 4.74 Å². The van der Waals surface area contributed by atoms with E-state index in [9.17, 15) is 13.6 Å². The quantitative estimate of drug-likeness (QED) is 0.303. The fraction of sp³-hybridized carbons (Fsp3) is 0.909. The van der Waals surface area contributed by atoms with Crippen molar-refractivity contribution in [2.24, 2.45) is 5.92 Å². The van der Waals surface area contributed by atoms with Crippen LogP contribution in [-0.4, -0.2) is 22.9 Å². The zero-order valence-corrected chi connectivity index (χ0v) is 12.1. The van der Waals surface area contributed by atoms with E-state index < -0.39 is 17.8 Å². The van der Waals surface area contributed by atoms with E-state index in [0.717, 1.165) is 26.4 Å². The largest absolute Gasteiger partial charge is 0.465 e. The van der Waals surface area contributed by atoms with Crippen molar-refractivity contribution in [3.05, 3.63) is 0 Å². The first-order valence-electron chi connectivity index (χ1n) is 5.48. The van der Waals surface area contributed by atoms with Crippen molar-refractivity contribution in [2.45, 2.75) is 49.4 Å². The van der Waals surface area contributed by atoms with Gasteiger partial charge in [0, 0.05) is 9.84 Å². The Morgan fingerprint density at radius 2 is 2.00 bits per heavy atom. The number of rotatable bonds is 7. The molecule has 0 spiro atoms. The van der Waals surface area contributed by atoms with Crippen LogP contribution in [-0.2, 0) is 9.53 Å². The van der Waals surface area contributed by atoms with Gasteiger partial charge in [-0.1, -0.05) is 55.7 Å². The van der Waals surface area contributed by atoms with Crippen molar-refractivity contribution in [1.29, 1.82) is 0 Å². The Labute approximate surface area is 109 Å². The standard InChI is InChI=1S/C11H19F2IO2/c1-4-5-6-7-9(14)8(2)11(12,13)10(15)16-3/h8-9H,4-7H2,1-3H3. The van der Waals surface area contributed by atoms with E-state index in [1.165, 1.54) is 6.92 Å². The highest BCUT2D eigenvalue weighted by molar-refractivity contribution is 14.1. The Kier molecular flexibility index (Phi) is 7.43. The fourth-order valence-electron chi connectivity index (χ4n) is 1.39. The Bertz CT molecular complexity index is 222. The lowest BCUT2D eigenvalue weighted by atomic mass is 9.96. The van der Waals surface area contributed by atoms with Crippen LogP contribution in [0.2, 0.25) is 0 Å². The summed E-state index contributed by atoms with van der Waals surface area (Å²) >= 11 is 1.99. The molecule has 0 amide bonds. The number of hydrogen-bond acceptors (Lipinski definition) is 2. The van der Waals surface area contributed by atoms with Gasteiger partial charge in [0.15, 0.2) is 0 Å². The van der Waals surface area contributed by atoms with Crippen molar-refractivity contribution in [1.82, 2.24) is 0 Å². The lowest BCUT2D eigenvalue weighted by Gasteiger charge is -2.25. The van der Waals surface area contributed by atoms with Crippen molar-refractivity contribution < 1.29 is 18.3 Å². The summed E-state index contributed by atoms with van der Waals surface area (Å²) in [4.78, 5) is 10.9. The first kappa shape index (κ1) is 16.1. The Balaban J connectivity index is 4.29. The third-order valence-corrected chi connectivity index (χ3v) is 4.36. The van der Waals surface area contributed by atoms with E-state index in [4.69, 9.17) is 0 Å². The number of ether oxygens (including phenoxy) is 1. The predicted octanol–water partition coefficient (Wildman–Crippen LogP) is 3.81. The summed E-state index contributed by atoms with van der Waals surface area (Å²) in [6, 6.07) is 0. The van der Waals surface area contributed by atoms with Crippen LogP contribution in [0.25, 0.3) is 0 Å². The van der Waals surface area contributed by atoms with Gasteiger partial charge in [0.05, 0.1) is 7.11 Å². The number of carbonyl (C=O) groups excluding carboxylic acids is 1. The Hall–Kier alpha value is 0.0600. The van der Waals surface area contributed by atoms with Crippen molar-refractivity contribution in [2.75, 3.05) is 7.11 Å². The second kappa shape index (κ2) is 7.40. The van der Waals surface area contributed by atoms with Crippen molar-refractivity contribution >= 4 is 28.6 Å². The van der Waals surface area contributed by atoms with Gasteiger partial charge in [0.1, 0.15) is 0 Å². The molecule has 16 heavy (non-hydrogen) atoms. The lowest BCUT2D eigenvalue weighted by molar-refractivity contribution is -0.176. The number of unbranched alkanes of at least 4 members (excludes halogenated alkanes) is 2. The maximum Gasteiger partial charge on any atom is 0.377 e. The molecule has 96 valence electrons. The van der Waals surface area contributed by atoms with E-state index >= 15 is 0 Å². The average molecular weight is 348 g/mol. The molecule has 2 unspecified atom stereocenters. The monoisotopic (exact) mass is 348 g/mol. The van der Waals surface area contributed by atoms with Crippen LogP contribution in [0.5, 0.6) is 0 Å². The number of halogens is 3. The van der Waals surface area contributed by atoms with Crippen LogP contribution >= 0.6 is 22.6 Å². The maximum atomic E-state index is 13.5. The number of alkyl halides is 3. The molecule has 0 rings (SSSR count). The van der Waals surface area contributed by atoms with E-state index in [1.807, 2.05) is 22.6 Å². The first-order valence-corrected chi connectivity index (χ1v) is 6.72. The van der Waals surface area contributed by atoms with Gasteiger partial charge in [-0.25, -0.2) is 4.79 Å². The molecular weight excluding hydrogens is 329 g/mol. The highest BCUT2D eigenvalue weighted by Crippen LogP contribution is 2.34. The van der Waals surface area contributed by atoms with Gasteiger partial charge in [-0.15, -0.1) is 0 Å². The first-order chi connectivity index (χ1) is 7.37. The summed E-state index contributed by atoms with van der Waals surface area (Å²) in [6.45, 7) is 3.47. The van der Waals surface area contributed by atoms with Gasteiger partial charge in [-0.2, -0.15) is 8.78 Å². The molecule has 0 aromatic rings. The molecule has 0 aliphatic rings. The predicted molar refractivity (Wildman–Crippen MR) is 68.1 cm³/mol. The number of esters is 1. The SMILES string of the molecule is CCCCCC(I)C(C)C(F)(F)C(=O)OC. The summed E-state index contributed by atoms with van der Waals surface area (Å²) in [7, 11) is 0.988. The van der Waals surface area contributed by atoms with Crippen LogP contribution in [0, 0.1) is 5.92 Å². The summed E-state index contributed by atoms with van der Waals surface area (Å²) < 4.78 is 30.9. The number of carbonyl (C=O) groups is 1. The molecule has 0 aliphatic carbocycles. The minimum Gasteiger partial charge on any atom is -0.465 e. The van der Waals surface area contributed by atoms with Crippen LogP contribution in [0.1, 0.15) is 39.5 Å². The molecule has 0 radical (unpaired) electrons. The number of hydrogen-bond donors (Lipinski definition) is 0. The molecule has 0 N–H and O–H groups in total. The summed E-state index contributed by atoms with van der Waals surface area (Å²) in [6.07, 6.45) is 3.73. The normalized spacial score (nSPS) is 15.6. The van der Waals surface area contributed by atoms with Crippen molar-refractivity contribution in [3.63, 3.8) is 0 Å². The third-order valence-electron chi connectivity index (χ3n) is 2.66. The van der Waals surface area contributed by atoms with E-state index in [-0.39, 0.29) is 3.92 Å². The highest BCUT2D eigenvalue weighted by Gasteiger charge is 2.48. The zero-order valence-electron chi connectivity index (χ0n) is 9.93. The number of methoxy groups -OCH3 is 1. The molecule has 2 nitrogen and oxygen atoms in total. The van der Waals surface area contributed by atoms with Gasteiger partial charge in [0.25, 0.3) is 0 Å². The Morgan fingerprint density at radius 3 is 2.44 bits per heavy atom. The van der Waals surface area contributed by atoms with E-state index in [1.54, 1.807) is 0 Å². The second-order valence-electron chi connectivity index (χ2n) is 3.91. The highest BCUT2D eigenvalue weighted by atomic mass is 127. The summed E-state index contributed by atoms with van der Waals surface area (Å²) in [5.74, 6) is -5.80. The molecule has 5 heteroatoms. The van der Waals surface area contributed by atoms with Gasteiger partial charge in [-0.05, 0) is 6.42 Å². The minimum atomic E-state index is -3.38. The molecule has 0 bridgehead atoms. The maximum absolute atomic E-state index is 13.5. The van der Waals surface area contributed by atoms with Crippen LogP contribution < -0.4 is 0 Å². The third kappa shape index (κ3) is 4.51. The molecule has 0 heterocycles. The van der Waals surface area contributed by atoms with Crippen LogP contribution in [0.15, 0.2) is 0 Å². The van der Waals surface area contributed by atoms with Crippen LogP contribution in [0.4, 0.5) is 8.78 Å². The fourth-order valence-corrected chi connectivity index (χ4v) is 2.28. The zero-order chi connectivity index (χ0) is 12.8. The topological polar surface area (TPSA) is 26.3 Å². The molecule has 0 saturated carbocycles. The Morgan fingerprint density at radius 1 is 1.44 bits per heavy atom. The van der Waals surface area contributed by atoms with Crippen molar-refractivity contribution in [3.8, 4) is 0 Å². The molecule has 2 atom stereocenters. The molecular formula is C11H19F2IO2. The summed E-state index contributed by atoms with van der Waals surface area (Å²) in [5, 5.41) is 0.